The molecule has 0 aromatic carbocycles. The summed E-state index contributed by atoms with van der Waals surface area (Å²) in [5, 5.41) is 36.7. The molecular formula is C16H34O5. The van der Waals surface area contributed by atoms with Crippen LogP contribution in [0.15, 0.2) is 0 Å². The smallest absolute Gasteiger partial charge is 0.154 e. The van der Waals surface area contributed by atoms with Gasteiger partial charge in [0.25, 0.3) is 0 Å². The zero-order chi connectivity index (χ0) is 15.9. The first kappa shape index (κ1) is 20.8. The number of ether oxygens (including phenoxy) is 1. The molecule has 21 heavy (non-hydrogen) atoms. The van der Waals surface area contributed by atoms with E-state index in [1.165, 1.54) is 44.9 Å². The molecule has 0 radical (unpaired) electrons. The van der Waals surface area contributed by atoms with Crippen LogP contribution < -0.4 is 0 Å². The van der Waals surface area contributed by atoms with Crippen molar-refractivity contribution in [3.05, 3.63) is 0 Å². The van der Waals surface area contributed by atoms with Gasteiger partial charge in [0.1, 0.15) is 12.2 Å². The van der Waals surface area contributed by atoms with Crippen molar-refractivity contribution >= 4 is 0 Å². The second-order valence-corrected chi connectivity index (χ2v) is 5.72. The molecule has 0 rings (SSSR count). The van der Waals surface area contributed by atoms with Crippen molar-refractivity contribution in [2.75, 3.05) is 13.2 Å². The molecule has 4 N–H and O–H groups in total. The first-order valence-corrected chi connectivity index (χ1v) is 8.38. The SMILES string of the molecule is CCCCCCCCCCCC(O)OC[C@H](O)[C@H](O)CO. The van der Waals surface area contributed by atoms with Gasteiger partial charge in [-0.15, -0.1) is 0 Å². The Hall–Kier alpha value is -0.200. The summed E-state index contributed by atoms with van der Waals surface area (Å²) in [5.41, 5.74) is 0. The average molecular weight is 306 g/mol. The van der Waals surface area contributed by atoms with E-state index in [2.05, 4.69) is 6.92 Å². The van der Waals surface area contributed by atoms with E-state index >= 15 is 0 Å². The first-order valence-electron chi connectivity index (χ1n) is 8.38. The van der Waals surface area contributed by atoms with E-state index in [4.69, 9.17) is 14.9 Å². The number of hydrogen-bond acceptors (Lipinski definition) is 5. The fraction of sp³-hybridized carbons (Fsp3) is 1.00. The Kier molecular flexibility index (Phi) is 14.6. The van der Waals surface area contributed by atoms with Crippen LogP contribution >= 0.6 is 0 Å². The molecule has 0 bridgehead atoms. The summed E-state index contributed by atoms with van der Waals surface area (Å²) in [7, 11) is 0. The molecule has 0 heterocycles. The predicted octanol–water partition coefficient (Wildman–Crippen LogP) is 1.96. The van der Waals surface area contributed by atoms with E-state index < -0.39 is 25.1 Å². The Morgan fingerprint density at radius 3 is 1.81 bits per heavy atom. The lowest BCUT2D eigenvalue weighted by atomic mass is 10.1. The summed E-state index contributed by atoms with van der Waals surface area (Å²) in [5.74, 6) is 0. The van der Waals surface area contributed by atoms with E-state index in [9.17, 15) is 10.2 Å². The molecule has 0 aliphatic carbocycles. The fourth-order valence-corrected chi connectivity index (χ4v) is 2.16. The lowest BCUT2D eigenvalue weighted by molar-refractivity contribution is -0.143. The Balaban J connectivity index is 3.32. The Labute approximate surface area is 129 Å². The van der Waals surface area contributed by atoms with Crippen LogP contribution in [0.25, 0.3) is 0 Å². The van der Waals surface area contributed by atoms with Crippen LogP contribution in [0, 0.1) is 0 Å². The van der Waals surface area contributed by atoms with Gasteiger partial charge in [0.15, 0.2) is 6.29 Å². The number of rotatable bonds is 15. The van der Waals surface area contributed by atoms with Crippen LogP contribution in [-0.4, -0.2) is 52.1 Å². The number of unbranched alkanes of at least 4 members (excludes halogenated alkanes) is 8. The molecule has 0 aliphatic heterocycles. The molecule has 5 nitrogen and oxygen atoms in total. The van der Waals surface area contributed by atoms with Gasteiger partial charge in [-0.1, -0.05) is 58.3 Å². The third-order valence-electron chi connectivity index (χ3n) is 3.65. The van der Waals surface area contributed by atoms with E-state index in [1.54, 1.807) is 0 Å². The van der Waals surface area contributed by atoms with Crippen molar-refractivity contribution in [1.29, 1.82) is 0 Å². The average Bonchev–Trinajstić information content (AvgIpc) is 2.50. The van der Waals surface area contributed by atoms with Gasteiger partial charge >= 0.3 is 0 Å². The molecule has 0 saturated carbocycles. The normalized spacial score (nSPS) is 15.9. The standard InChI is InChI=1S/C16H34O5/c1-2-3-4-5-6-7-8-9-10-11-16(20)21-13-15(19)14(18)12-17/h14-20H,2-13H2,1H3/t14-,15+,16?/m1/s1. The van der Waals surface area contributed by atoms with Crippen molar-refractivity contribution in [2.45, 2.75) is 89.6 Å². The third kappa shape index (κ3) is 13.2. The van der Waals surface area contributed by atoms with Gasteiger partial charge in [0.2, 0.25) is 0 Å². The maximum Gasteiger partial charge on any atom is 0.154 e. The minimum absolute atomic E-state index is 0.166. The number of aliphatic hydroxyl groups is 4. The highest BCUT2D eigenvalue weighted by molar-refractivity contribution is 4.64. The molecule has 5 heteroatoms. The molecule has 1 unspecified atom stereocenters. The lowest BCUT2D eigenvalue weighted by Crippen LogP contribution is -2.34. The van der Waals surface area contributed by atoms with Crippen molar-refractivity contribution < 1.29 is 25.2 Å². The van der Waals surface area contributed by atoms with Crippen molar-refractivity contribution in [3.63, 3.8) is 0 Å². The quantitative estimate of drug-likeness (QED) is 0.274. The summed E-state index contributed by atoms with van der Waals surface area (Å²) < 4.78 is 5.03. The maximum absolute atomic E-state index is 9.57. The van der Waals surface area contributed by atoms with Crippen molar-refractivity contribution in [2.24, 2.45) is 0 Å². The van der Waals surface area contributed by atoms with E-state index in [1.807, 2.05) is 0 Å². The molecule has 0 aromatic rings. The topological polar surface area (TPSA) is 90.2 Å². The monoisotopic (exact) mass is 306 g/mol. The minimum atomic E-state index is -1.22. The molecule has 0 saturated heterocycles. The summed E-state index contributed by atoms with van der Waals surface area (Å²) in [6, 6.07) is 0. The Morgan fingerprint density at radius 2 is 1.29 bits per heavy atom. The van der Waals surface area contributed by atoms with Crippen LogP contribution in [-0.2, 0) is 4.74 Å². The van der Waals surface area contributed by atoms with Gasteiger partial charge in [0.05, 0.1) is 13.2 Å². The highest BCUT2D eigenvalue weighted by atomic mass is 16.6. The largest absolute Gasteiger partial charge is 0.394 e. The van der Waals surface area contributed by atoms with Crippen LogP contribution in [0.5, 0.6) is 0 Å². The van der Waals surface area contributed by atoms with Gasteiger partial charge in [-0.2, -0.15) is 0 Å². The van der Waals surface area contributed by atoms with Crippen molar-refractivity contribution in [3.8, 4) is 0 Å². The number of hydrogen-bond donors (Lipinski definition) is 4. The second kappa shape index (κ2) is 14.7. The molecule has 3 atom stereocenters. The molecule has 0 aliphatic rings. The fourth-order valence-electron chi connectivity index (χ4n) is 2.16. The van der Waals surface area contributed by atoms with Gasteiger partial charge < -0.3 is 25.2 Å². The van der Waals surface area contributed by atoms with Gasteiger partial charge in [-0.3, -0.25) is 0 Å². The molecular weight excluding hydrogens is 272 g/mol. The Bertz CT molecular complexity index is 213. The molecule has 0 fully saturated rings. The summed E-state index contributed by atoms with van der Waals surface area (Å²) in [4.78, 5) is 0. The van der Waals surface area contributed by atoms with Gasteiger partial charge in [0, 0.05) is 0 Å². The van der Waals surface area contributed by atoms with Crippen molar-refractivity contribution in [1.82, 2.24) is 0 Å². The lowest BCUT2D eigenvalue weighted by Gasteiger charge is -2.18. The molecule has 128 valence electrons. The van der Waals surface area contributed by atoms with E-state index in [0.717, 1.165) is 12.8 Å². The third-order valence-corrected chi connectivity index (χ3v) is 3.65. The van der Waals surface area contributed by atoms with E-state index in [-0.39, 0.29) is 6.61 Å². The molecule has 0 aromatic heterocycles. The second-order valence-electron chi connectivity index (χ2n) is 5.72. The minimum Gasteiger partial charge on any atom is -0.394 e. The summed E-state index contributed by atoms with van der Waals surface area (Å²) >= 11 is 0. The maximum atomic E-state index is 9.57. The first-order chi connectivity index (χ1) is 10.1. The number of aliphatic hydroxyl groups excluding tert-OH is 4. The summed E-state index contributed by atoms with van der Waals surface area (Å²) in [6.45, 7) is 1.54. The van der Waals surface area contributed by atoms with Gasteiger partial charge in [-0.25, -0.2) is 0 Å². The van der Waals surface area contributed by atoms with E-state index in [0.29, 0.717) is 6.42 Å². The van der Waals surface area contributed by atoms with Crippen LogP contribution in [0.4, 0.5) is 0 Å². The summed E-state index contributed by atoms with van der Waals surface area (Å²) in [6.07, 6.45) is 8.24. The molecule has 0 amide bonds. The zero-order valence-corrected chi connectivity index (χ0v) is 13.4. The molecule has 0 spiro atoms. The van der Waals surface area contributed by atoms with Crippen LogP contribution in [0.3, 0.4) is 0 Å². The highest BCUT2D eigenvalue weighted by Gasteiger charge is 2.16. The highest BCUT2D eigenvalue weighted by Crippen LogP contribution is 2.12. The van der Waals surface area contributed by atoms with Gasteiger partial charge in [-0.05, 0) is 12.8 Å². The zero-order valence-electron chi connectivity index (χ0n) is 13.4. The predicted molar refractivity (Wildman–Crippen MR) is 82.9 cm³/mol. The van der Waals surface area contributed by atoms with Crippen LogP contribution in [0.2, 0.25) is 0 Å². The van der Waals surface area contributed by atoms with Crippen LogP contribution in [0.1, 0.15) is 71.1 Å². The Morgan fingerprint density at radius 1 is 0.762 bits per heavy atom.